The molecule has 78 valence electrons. The van der Waals surface area contributed by atoms with Gasteiger partial charge in [0.1, 0.15) is 0 Å². The van der Waals surface area contributed by atoms with E-state index in [1.807, 2.05) is 10.9 Å². The molecule has 0 aliphatic carbocycles. The van der Waals surface area contributed by atoms with Gasteiger partial charge in [-0.2, -0.15) is 5.10 Å². The van der Waals surface area contributed by atoms with Crippen LogP contribution in [0.15, 0.2) is 36.7 Å². The fourth-order valence-corrected chi connectivity index (χ4v) is 1.67. The van der Waals surface area contributed by atoms with Crippen molar-refractivity contribution in [3.8, 4) is 5.75 Å². The number of rotatable bonds is 3. The Morgan fingerprint density at radius 1 is 1.33 bits per heavy atom. The van der Waals surface area contributed by atoms with Crippen molar-refractivity contribution in [2.45, 2.75) is 6.54 Å². The lowest BCUT2D eigenvalue weighted by Gasteiger charge is -2.01. The van der Waals surface area contributed by atoms with Crippen LogP contribution in [0.3, 0.4) is 0 Å². The highest BCUT2D eigenvalue weighted by atomic mass is 127. The SMILES string of the molecule is COc1cnn(Cc2ccc(I)cc2)c1. The number of nitrogens with zero attached hydrogens (tertiary/aromatic N) is 2. The maximum absolute atomic E-state index is 5.07. The molecule has 0 saturated heterocycles. The molecule has 1 aromatic heterocycles. The molecule has 0 N–H and O–H groups in total. The molecule has 2 rings (SSSR count). The Balaban J connectivity index is 2.11. The van der Waals surface area contributed by atoms with Crippen LogP contribution in [-0.2, 0) is 6.54 Å². The molecule has 3 nitrogen and oxygen atoms in total. The smallest absolute Gasteiger partial charge is 0.156 e. The van der Waals surface area contributed by atoms with Crippen LogP contribution in [0, 0.1) is 3.57 Å². The van der Waals surface area contributed by atoms with Gasteiger partial charge in [-0.15, -0.1) is 0 Å². The zero-order chi connectivity index (χ0) is 10.7. The average Bonchev–Trinajstić information content (AvgIpc) is 2.69. The lowest BCUT2D eigenvalue weighted by atomic mass is 10.2. The number of hydrogen-bond donors (Lipinski definition) is 0. The molecular weight excluding hydrogens is 303 g/mol. The van der Waals surface area contributed by atoms with E-state index in [0.717, 1.165) is 12.3 Å². The van der Waals surface area contributed by atoms with E-state index in [-0.39, 0.29) is 0 Å². The Bertz CT molecular complexity index is 436. The second kappa shape index (κ2) is 4.65. The molecule has 0 unspecified atom stereocenters. The van der Waals surface area contributed by atoms with Crippen molar-refractivity contribution >= 4 is 22.6 Å². The van der Waals surface area contributed by atoms with Crippen LogP contribution in [0.25, 0.3) is 0 Å². The summed E-state index contributed by atoms with van der Waals surface area (Å²) in [4.78, 5) is 0. The van der Waals surface area contributed by atoms with Gasteiger partial charge in [-0.1, -0.05) is 12.1 Å². The van der Waals surface area contributed by atoms with Crippen LogP contribution >= 0.6 is 22.6 Å². The number of hydrogen-bond acceptors (Lipinski definition) is 2. The van der Waals surface area contributed by atoms with Gasteiger partial charge < -0.3 is 4.74 Å². The lowest BCUT2D eigenvalue weighted by Crippen LogP contribution is -1.99. The predicted molar refractivity (Wildman–Crippen MR) is 67.0 cm³/mol. The van der Waals surface area contributed by atoms with E-state index in [9.17, 15) is 0 Å². The van der Waals surface area contributed by atoms with Gasteiger partial charge in [0.15, 0.2) is 5.75 Å². The van der Waals surface area contributed by atoms with Gasteiger partial charge in [0.05, 0.1) is 26.0 Å². The quantitative estimate of drug-likeness (QED) is 0.814. The molecule has 0 aliphatic heterocycles. The van der Waals surface area contributed by atoms with E-state index in [1.165, 1.54) is 9.13 Å². The van der Waals surface area contributed by atoms with Gasteiger partial charge in [0.25, 0.3) is 0 Å². The molecule has 1 aromatic carbocycles. The Labute approximate surface area is 102 Å². The maximum atomic E-state index is 5.07. The predicted octanol–water partition coefficient (Wildman–Crippen LogP) is 2.54. The molecule has 0 atom stereocenters. The summed E-state index contributed by atoms with van der Waals surface area (Å²) in [5, 5.41) is 4.19. The van der Waals surface area contributed by atoms with Gasteiger partial charge >= 0.3 is 0 Å². The highest BCUT2D eigenvalue weighted by Crippen LogP contribution is 2.11. The standard InChI is InChI=1S/C11H11IN2O/c1-15-11-6-13-14(8-11)7-9-2-4-10(12)5-3-9/h2-6,8H,7H2,1H3. The van der Waals surface area contributed by atoms with Crippen LogP contribution < -0.4 is 4.74 Å². The first-order chi connectivity index (χ1) is 7.28. The number of methoxy groups -OCH3 is 1. The minimum Gasteiger partial charge on any atom is -0.493 e. The van der Waals surface area contributed by atoms with Crippen molar-refractivity contribution in [2.75, 3.05) is 7.11 Å². The van der Waals surface area contributed by atoms with Crippen LogP contribution in [0.2, 0.25) is 0 Å². The summed E-state index contributed by atoms with van der Waals surface area (Å²) in [6, 6.07) is 8.40. The highest BCUT2D eigenvalue weighted by molar-refractivity contribution is 14.1. The van der Waals surface area contributed by atoms with Crippen LogP contribution in [0.1, 0.15) is 5.56 Å². The normalized spacial score (nSPS) is 10.3. The minimum atomic E-state index is 0.778. The topological polar surface area (TPSA) is 27.1 Å². The molecule has 0 radical (unpaired) electrons. The van der Waals surface area contributed by atoms with Gasteiger partial charge in [0.2, 0.25) is 0 Å². The molecule has 0 spiro atoms. The van der Waals surface area contributed by atoms with Crippen LogP contribution in [0.4, 0.5) is 0 Å². The Morgan fingerprint density at radius 3 is 2.67 bits per heavy atom. The minimum absolute atomic E-state index is 0.778. The largest absolute Gasteiger partial charge is 0.493 e. The fourth-order valence-electron chi connectivity index (χ4n) is 1.31. The molecular formula is C11H11IN2O. The summed E-state index contributed by atoms with van der Waals surface area (Å²) >= 11 is 2.30. The van der Waals surface area contributed by atoms with E-state index >= 15 is 0 Å². The van der Waals surface area contributed by atoms with E-state index in [2.05, 4.69) is 52.0 Å². The van der Waals surface area contributed by atoms with Crippen LogP contribution in [0.5, 0.6) is 5.75 Å². The fraction of sp³-hybridized carbons (Fsp3) is 0.182. The third-order valence-electron chi connectivity index (χ3n) is 2.10. The number of ether oxygens (including phenoxy) is 1. The van der Waals surface area contributed by atoms with Crippen LogP contribution in [-0.4, -0.2) is 16.9 Å². The number of aromatic nitrogens is 2. The molecule has 0 bridgehead atoms. The molecule has 4 heteroatoms. The van der Waals surface area contributed by atoms with Gasteiger partial charge in [-0.3, -0.25) is 4.68 Å². The molecule has 0 saturated carbocycles. The summed E-state index contributed by atoms with van der Waals surface area (Å²) in [6.45, 7) is 0.778. The molecule has 0 amide bonds. The van der Waals surface area contributed by atoms with E-state index in [0.29, 0.717) is 0 Å². The third kappa shape index (κ3) is 2.71. The lowest BCUT2D eigenvalue weighted by molar-refractivity contribution is 0.414. The van der Waals surface area contributed by atoms with Crippen molar-refractivity contribution in [3.63, 3.8) is 0 Å². The second-order valence-corrected chi connectivity index (χ2v) is 4.45. The molecule has 15 heavy (non-hydrogen) atoms. The molecule has 1 heterocycles. The van der Waals surface area contributed by atoms with Crippen molar-refractivity contribution in [2.24, 2.45) is 0 Å². The molecule has 2 aromatic rings. The zero-order valence-electron chi connectivity index (χ0n) is 8.35. The van der Waals surface area contributed by atoms with E-state index in [4.69, 9.17) is 4.74 Å². The number of halogens is 1. The van der Waals surface area contributed by atoms with Crippen molar-refractivity contribution in [3.05, 3.63) is 45.8 Å². The average molecular weight is 314 g/mol. The van der Waals surface area contributed by atoms with Crippen molar-refractivity contribution < 1.29 is 4.74 Å². The van der Waals surface area contributed by atoms with Gasteiger partial charge in [0, 0.05) is 3.57 Å². The Morgan fingerprint density at radius 2 is 2.07 bits per heavy atom. The first-order valence-corrected chi connectivity index (χ1v) is 5.67. The van der Waals surface area contributed by atoms with Gasteiger partial charge in [-0.05, 0) is 40.3 Å². The summed E-state index contributed by atoms with van der Waals surface area (Å²) in [6.07, 6.45) is 3.60. The Kier molecular flexibility index (Phi) is 3.25. The summed E-state index contributed by atoms with van der Waals surface area (Å²) in [5.74, 6) is 0.792. The Hall–Kier alpha value is -1.04. The maximum Gasteiger partial charge on any atom is 0.156 e. The summed E-state index contributed by atoms with van der Waals surface area (Å²) < 4.78 is 8.17. The first-order valence-electron chi connectivity index (χ1n) is 4.59. The van der Waals surface area contributed by atoms with Gasteiger partial charge in [-0.25, -0.2) is 0 Å². The summed E-state index contributed by atoms with van der Waals surface area (Å²) in [5.41, 5.74) is 1.24. The summed E-state index contributed by atoms with van der Waals surface area (Å²) in [7, 11) is 1.65. The number of benzene rings is 1. The van der Waals surface area contributed by atoms with E-state index in [1.54, 1.807) is 13.3 Å². The second-order valence-electron chi connectivity index (χ2n) is 3.20. The van der Waals surface area contributed by atoms with E-state index < -0.39 is 0 Å². The van der Waals surface area contributed by atoms with Crippen molar-refractivity contribution in [1.29, 1.82) is 0 Å². The molecule has 0 aliphatic rings. The highest BCUT2D eigenvalue weighted by Gasteiger charge is 1.98. The molecule has 0 fully saturated rings. The zero-order valence-corrected chi connectivity index (χ0v) is 10.5. The van der Waals surface area contributed by atoms with Crippen molar-refractivity contribution in [1.82, 2.24) is 9.78 Å². The third-order valence-corrected chi connectivity index (χ3v) is 2.82. The first kappa shape index (κ1) is 10.5. The monoisotopic (exact) mass is 314 g/mol.